The van der Waals surface area contributed by atoms with Crippen LogP contribution in [0.1, 0.15) is 188 Å². The monoisotopic (exact) mass is 561 g/mol. The molecular weight excluding hydrogens is 491 g/mol. The van der Waals surface area contributed by atoms with Gasteiger partial charge in [-0.1, -0.05) is 167 Å². The van der Waals surface area contributed by atoms with Crippen molar-refractivity contribution in [3.63, 3.8) is 0 Å². The molecule has 0 saturated carbocycles. The Labute approximate surface area is 239 Å². The van der Waals surface area contributed by atoms with Crippen molar-refractivity contribution in [2.24, 2.45) is 0 Å². The minimum atomic E-state index is -3.18. The smallest absolute Gasteiger partial charge is 0.296 e. The predicted molar refractivity (Wildman–Crippen MR) is 168 cm³/mol. The Morgan fingerprint density at radius 2 is 0.684 bits per heavy atom. The summed E-state index contributed by atoms with van der Waals surface area (Å²) in [5, 5.41) is 2.73. The van der Waals surface area contributed by atoms with Crippen molar-refractivity contribution in [1.29, 1.82) is 0 Å². The van der Waals surface area contributed by atoms with Gasteiger partial charge in [0.1, 0.15) is 0 Å². The Morgan fingerprint density at radius 1 is 0.421 bits per heavy atom. The fourth-order valence-electron chi connectivity index (χ4n) is 5.12. The highest BCUT2D eigenvalue weighted by Crippen LogP contribution is 2.42. The first-order chi connectivity index (χ1) is 18.7. The summed E-state index contributed by atoms with van der Waals surface area (Å²) in [5.41, 5.74) is 3.00. The second-order valence-corrected chi connectivity index (χ2v) is 12.9. The highest BCUT2D eigenvalue weighted by Gasteiger charge is 2.22. The van der Waals surface area contributed by atoms with E-state index < -0.39 is 7.75 Å². The lowest BCUT2D eigenvalue weighted by Gasteiger charge is -2.18. The number of rotatable bonds is 33. The van der Waals surface area contributed by atoms with E-state index in [1.165, 1.54) is 161 Å². The molecule has 0 rings (SSSR count). The van der Waals surface area contributed by atoms with Crippen molar-refractivity contribution in [2.75, 3.05) is 19.8 Å². The SMILES string of the molecule is CCCCCCCCCCCCCCCCCCCCCCCCCCCCNNP(=O)(OCC)OCC. The van der Waals surface area contributed by atoms with Gasteiger partial charge in [0, 0.05) is 6.54 Å². The molecule has 0 aromatic carbocycles. The normalized spacial score (nSPS) is 12.0. The van der Waals surface area contributed by atoms with E-state index in [2.05, 4.69) is 17.5 Å². The van der Waals surface area contributed by atoms with E-state index in [0.29, 0.717) is 13.2 Å². The molecule has 0 aliphatic rings. The fraction of sp³-hybridized carbons (Fsp3) is 1.00. The van der Waals surface area contributed by atoms with E-state index in [1.807, 2.05) is 13.8 Å². The maximum atomic E-state index is 12.2. The van der Waals surface area contributed by atoms with Crippen molar-refractivity contribution >= 4 is 7.75 Å². The van der Waals surface area contributed by atoms with Gasteiger partial charge in [0.15, 0.2) is 0 Å². The minimum absolute atomic E-state index is 0.367. The van der Waals surface area contributed by atoms with Gasteiger partial charge >= 0.3 is 7.75 Å². The zero-order chi connectivity index (χ0) is 27.8. The van der Waals surface area contributed by atoms with Crippen LogP contribution in [0.15, 0.2) is 0 Å². The lowest BCUT2D eigenvalue weighted by molar-refractivity contribution is 0.205. The van der Waals surface area contributed by atoms with Gasteiger partial charge in [-0.15, -0.1) is 0 Å². The largest absolute Gasteiger partial charge is 0.418 e. The molecule has 38 heavy (non-hydrogen) atoms. The molecule has 6 heteroatoms. The third-order valence-corrected chi connectivity index (χ3v) is 9.10. The van der Waals surface area contributed by atoms with Crippen LogP contribution in [-0.2, 0) is 13.6 Å². The summed E-state index contributed by atoms with van der Waals surface area (Å²) in [7, 11) is -3.18. The number of unbranched alkanes of at least 4 members (excludes halogenated alkanes) is 25. The van der Waals surface area contributed by atoms with Crippen LogP contribution < -0.4 is 10.6 Å². The lowest BCUT2D eigenvalue weighted by Crippen LogP contribution is -2.31. The van der Waals surface area contributed by atoms with Crippen LogP contribution >= 0.6 is 7.75 Å². The van der Waals surface area contributed by atoms with Crippen molar-refractivity contribution in [3.8, 4) is 0 Å². The third kappa shape index (κ3) is 29.1. The van der Waals surface area contributed by atoms with E-state index in [0.717, 1.165) is 13.0 Å². The van der Waals surface area contributed by atoms with Crippen molar-refractivity contribution in [3.05, 3.63) is 0 Å². The van der Waals surface area contributed by atoms with Crippen LogP contribution in [0, 0.1) is 0 Å². The maximum absolute atomic E-state index is 12.2. The van der Waals surface area contributed by atoms with Crippen LogP contribution in [0.5, 0.6) is 0 Å². The zero-order valence-corrected chi connectivity index (χ0v) is 27.1. The van der Waals surface area contributed by atoms with Gasteiger partial charge in [-0.2, -0.15) is 5.20 Å². The summed E-state index contributed by atoms with van der Waals surface area (Å²) in [6, 6.07) is 0. The van der Waals surface area contributed by atoms with Crippen molar-refractivity contribution < 1.29 is 13.6 Å². The molecule has 0 unspecified atom stereocenters. The Balaban J connectivity index is 3.16. The summed E-state index contributed by atoms with van der Waals surface area (Å²) in [6.45, 7) is 7.44. The summed E-state index contributed by atoms with van der Waals surface area (Å²) in [6.07, 6.45) is 36.7. The van der Waals surface area contributed by atoms with E-state index in [-0.39, 0.29) is 0 Å². The first kappa shape index (κ1) is 38.1. The summed E-state index contributed by atoms with van der Waals surface area (Å²) in [4.78, 5) is 0. The molecule has 0 atom stereocenters. The minimum Gasteiger partial charge on any atom is -0.296 e. The Kier molecular flexibility index (Phi) is 31.7. The molecule has 0 fully saturated rings. The Bertz CT molecular complexity index is 483. The Morgan fingerprint density at radius 3 is 0.947 bits per heavy atom. The van der Waals surface area contributed by atoms with Crippen LogP contribution in [-0.4, -0.2) is 19.8 Å². The zero-order valence-electron chi connectivity index (χ0n) is 26.2. The first-order valence-electron chi connectivity index (χ1n) is 17.1. The molecule has 0 spiro atoms. The molecule has 0 saturated heterocycles. The van der Waals surface area contributed by atoms with Gasteiger partial charge in [0.25, 0.3) is 0 Å². The van der Waals surface area contributed by atoms with Gasteiger partial charge in [-0.05, 0) is 20.3 Å². The Hall–Kier alpha value is 0.0700. The van der Waals surface area contributed by atoms with Gasteiger partial charge in [-0.3, -0.25) is 9.05 Å². The van der Waals surface area contributed by atoms with Crippen LogP contribution in [0.2, 0.25) is 0 Å². The summed E-state index contributed by atoms with van der Waals surface area (Å²) >= 11 is 0. The molecule has 0 aromatic rings. The lowest BCUT2D eigenvalue weighted by atomic mass is 10.0. The highest BCUT2D eigenvalue weighted by atomic mass is 31.2. The molecule has 0 amide bonds. The maximum Gasteiger partial charge on any atom is 0.418 e. The molecule has 0 aliphatic carbocycles. The van der Waals surface area contributed by atoms with Crippen LogP contribution in [0.3, 0.4) is 0 Å². The summed E-state index contributed by atoms with van der Waals surface area (Å²) < 4.78 is 22.6. The quantitative estimate of drug-likeness (QED) is 0.0475. The second kappa shape index (κ2) is 31.6. The topological polar surface area (TPSA) is 59.6 Å². The second-order valence-electron chi connectivity index (χ2n) is 11.2. The number of hydrogen-bond acceptors (Lipinski definition) is 4. The van der Waals surface area contributed by atoms with Gasteiger partial charge in [0.05, 0.1) is 13.2 Å². The van der Waals surface area contributed by atoms with Gasteiger partial charge in [0.2, 0.25) is 0 Å². The predicted octanol–water partition coefficient (Wildman–Crippen LogP) is 11.4. The molecule has 0 heterocycles. The van der Waals surface area contributed by atoms with Gasteiger partial charge in [-0.25, -0.2) is 9.99 Å². The molecule has 0 radical (unpaired) electrons. The first-order valence-corrected chi connectivity index (χ1v) is 18.6. The standard InChI is InChI=1S/C32H69N2O3P/c1-4-7-8-9-10-11-12-13-14-15-16-17-18-19-20-21-22-23-24-25-26-27-28-29-30-31-32-33-34-38(35,36-5-2)37-6-3/h33H,4-32H2,1-3H3,(H,34,35). The molecule has 230 valence electrons. The molecule has 0 aliphatic heterocycles. The van der Waals surface area contributed by atoms with E-state index in [1.54, 1.807) is 0 Å². The van der Waals surface area contributed by atoms with Crippen LogP contribution in [0.25, 0.3) is 0 Å². The average Bonchev–Trinajstić information content (AvgIpc) is 2.90. The number of hydrogen-bond donors (Lipinski definition) is 2. The summed E-state index contributed by atoms with van der Waals surface area (Å²) in [5.74, 6) is 0. The van der Waals surface area contributed by atoms with E-state index >= 15 is 0 Å². The number of hydrazine groups is 1. The molecule has 0 bridgehead atoms. The van der Waals surface area contributed by atoms with Gasteiger partial charge < -0.3 is 0 Å². The molecular formula is C32H69N2O3P. The third-order valence-electron chi connectivity index (χ3n) is 7.47. The van der Waals surface area contributed by atoms with E-state index in [4.69, 9.17) is 9.05 Å². The fourth-order valence-corrected chi connectivity index (χ4v) is 6.31. The highest BCUT2D eigenvalue weighted by molar-refractivity contribution is 7.51. The van der Waals surface area contributed by atoms with Crippen molar-refractivity contribution in [2.45, 2.75) is 188 Å². The van der Waals surface area contributed by atoms with Crippen LogP contribution in [0.4, 0.5) is 0 Å². The molecule has 0 aromatic heterocycles. The molecule has 2 N–H and O–H groups in total. The van der Waals surface area contributed by atoms with E-state index in [9.17, 15) is 4.57 Å². The molecule has 5 nitrogen and oxygen atoms in total. The van der Waals surface area contributed by atoms with Crippen molar-refractivity contribution in [1.82, 2.24) is 10.6 Å². The number of nitrogens with one attached hydrogen (secondary N) is 2. The average molecular weight is 561 g/mol.